The molecule has 0 amide bonds. The van der Waals surface area contributed by atoms with Crippen molar-refractivity contribution in [2.45, 2.75) is 77.4 Å². The largest absolute Gasteiger partial charge is 0.490 e. The van der Waals surface area contributed by atoms with Crippen LogP contribution in [0.2, 0.25) is 0 Å². The molecule has 1 heterocycles. The van der Waals surface area contributed by atoms with E-state index in [-0.39, 0.29) is 36.4 Å². The summed E-state index contributed by atoms with van der Waals surface area (Å²) in [5.74, 6) is 0.383. The maximum Gasteiger partial charge on any atom is 0.331 e. The predicted octanol–water partition coefficient (Wildman–Crippen LogP) is 6.08. The van der Waals surface area contributed by atoms with Gasteiger partial charge in [0.05, 0.1) is 12.2 Å². The molecule has 0 saturated heterocycles. The molecule has 0 spiro atoms. The molecule has 186 valence electrons. The number of carboxylic acids is 1. The minimum Gasteiger partial charge on any atom is -0.490 e. The maximum absolute atomic E-state index is 12.3. The quantitative estimate of drug-likeness (QED) is 0.348. The van der Waals surface area contributed by atoms with E-state index >= 15 is 0 Å². The lowest BCUT2D eigenvalue weighted by Crippen LogP contribution is -2.36. The van der Waals surface area contributed by atoms with Crippen molar-refractivity contribution >= 4 is 11.9 Å². The number of hydrogen-bond acceptors (Lipinski definition) is 5. The van der Waals surface area contributed by atoms with Crippen molar-refractivity contribution in [1.29, 1.82) is 0 Å². The van der Waals surface area contributed by atoms with E-state index in [1.165, 1.54) is 5.56 Å². The van der Waals surface area contributed by atoms with E-state index in [1.54, 1.807) is 19.1 Å². The van der Waals surface area contributed by atoms with Crippen molar-refractivity contribution in [2.24, 2.45) is 5.92 Å². The molecule has 2 aromatic carbocycles. The molecule has 1 aliphatic heterocycles. The third-order valence-corrected chi connectivity index (χ3v) is 7.00. The summed E-state index contributed by atoms with van der Waals surface area (Å²) in [7, 11) is 0. The van der Waals surface area contributed by atoms with E-state index in [0.29, 0.717) is 35.7 Å². The molecule has 2 unspecified atom stereocenters. The van der Waals surface area contributed by atoms with E-state index in [2.05, 4.69) is 24.3 Å². The second-order valence-corrected chi connectivity index (χ2v) is 9.53. The van der Waals surface area contributed by atoms with E-state index in [1.807, 2.05) is 26.0 Å². The smallest absolute Gasteiger partial charge is 0.331 e. The highest BCUT2D eigenvalue weighted by Crippen LogP contribution is 2.52. The molecule has 6 nitrogen and oxygen atoms in total. The third kappa shape index (κ3) is 5.87. The Hall–Kier alpha value is -3.28. The van der Waals surface area contributed by atoms with Gasteiger partial charge in [0.2, 0.25) is 0 Å². The summed E-state index contributed by atoms with van der Waals surface area (Å²) in [4.78, 5) is 23.9. The molecule has 35 heavy (non-hydrogen) atoms. The first kappa shape index (κ1) is 24.8. The van der Waals surface area contributed by atoms with Crippen LogP contribution in [0, 0.1) is 5.92 Å². The van der Waals surface area contributed by atoms with Crippen LogP contribution >= 0.6 is 0 Å². The zero-order chi connectivity index (χ0) is 24.9. The number of esters is 1. The number of aryl methyl sites for hydroxylation is 1. The zero-order valence-corrected chi connectivity index (χ0v) is 20.7. The number of benzene rings is 2. The Morgan fingerprint density at radius 2 is 1.97 bits per heavy atom. The van der Waals surface area contributed by atoms with Crippen LogP contribution in [0.3, 0.4) is 0 Å². The van der Waals surface area contributed by atoms with E-state index < -0.39 is 5.97 Å². The van der Waals surface area contributed by atoms with Gasteiger partial charge in [0.15, 0.2) is 0 Å². The van der Waals surface area contributed by atoms with Gasteiger partial charge in [-0.3, -0.25) is 4.79 Å². The second-order valence-electron chi connectivity index (χ2n) is 9.53. The summed E-state index contributed by atoms with van der Waals surface area (Å²) in [6.07, 6.45) is 5.77. The van der Waals surface area contributed by atoms with Crippen LogP contribution in [-0.2, 0) is 16.0 Å². The number of allylic oxidation sites excluding steroid dienone is 1. The topological polar surface area (TPSA) is 82.1 Å². The first-order valence-electron chi connectivity index (χ1n) is 12.5. The summed E-state index contributed by atoms with van der Waals surface area (Å²) in [6, 6.07) is 14.0. The van der Waals surface area contributed by atoms with Gasteiger partial charge in [0.1, 0.15) is 17.2 Å². The van der Waals surface area contributed by atoms with Crippen molar-refractivity contribution in [3.63, 3.8) is 0 Å². The van der Waals surface area contributed by atoms with E-state index in [9.17, 15) is 14.7 Å². The Labute approximate surface area is 206 Å². The normalized spacial score (nSPS) is 21.6. The lowest BCUT2D eigenvalue weighted by Gasteiger charge is -2.41. The van der Waals surface area contributed by atoms with E-state index in [0.717, 1.165) is 24.8 Å². The molecule has 4 rings (SSSR count). The highest BCUT2D eigenvalue weighted by atomic mass is 16.5. The SMILES string of the molecule is CCC(=O)Oc1cc(OC(C)CCCc2ccccc2)cc2c1[C@@H]1CC(C(=O)O)=CC[C@H]1C(C)O2. The molecule has 6 heteroatoms. The fraction of sp³-hybridized carbons (Fsp3) is 0.448. The van der Waals surface area contributed by atoms with Gasteiger partial charge in [-0.25, -0.2) is 4.79 Å². The van der Waals surface area contributed by atoms with Gasteiger partial charge in [-0.05, 0) is 51.5 Å². The molecule has 2 aromatic rings. The average molecular weight is 479 g/mol. The van der Waals surface area contributed by atoms with Gasteiger partial charge in [-0.15, -0.1) is 0 Å². The molecule has 0 bridgehead atoms. The van der Waals surface area contributed by atoms with Crippen molar-refractivity contribution in [1.82, 2.24) is 0 Å². The lowest BCUT2D eigenvalue weighted by atomic mass is 9.71. The van der Waals surface area contributed by atoms with Gasteiger partial charge in [0.25, 0.3) is 0 Å². The van der Waals surface area contributed by atoms with Gasteiger partial charge >= 0.3 is 11.9 Å². The molecule has 0 radical (unpaired) electrons. The Bertz CT molecular complexity index is 1090. The first-order valence-corrected chi connectivity index (χ1v) is 12.5. The molecule has 4 atom stereocenters. The molecule has 0 fully saturated rings. The van der Waals surface area contributed by atoms with Crippen LogP contribution < -0.4 is 14.2 Å². The number of carbonyl (C=O) groups is 2. The Morgan fingerprint density at radius 3 is 2.69 bits per heavy atom. The van der Waals surface area contributed by atoms with Crippen molar-refractivity contribution in [3.05, 3.63) is 65.2 Å². The summed E-state index contributed by atoms with van der Waals surface area (Å²) >= 11 is 0. The van der Waals surface area contributed by atoms with Crippen molar-refractivity contribution < 1.29 is 28.9 Å². The van der Waals surface area contributed by atoms with Gasteiger partial charge < -0.3 is 19.3 Å². The highest BCUT2D eigenvalue weighted by Gasteiger charge is 2.41. The molecule has 0 saturated carbocycles. The number of rotatable bonds is 9. The third-order valence-electron chi connectivity index (χ3n) is 7.00. The number of hydrogen-bond donors (Lipinski definition) is 1. The minimum atomic E-state index is -0.902. The van der Waals surface area contributed by atoms with Crippen molar-refractivity contribution in [3.8, 4) is 17.2 Å². The van der Waals surface area contributed by atoms with Crippen LogP contribution in [0.5, 0.6) is 17.2 Å². The monoisotopic (exact) mass is 478 g/mol. The van der Waals surface area contributed by atoms with Crippen molar-refractivity contribution in [2.75, 3.05) is 0 Å². The predicted molar refractivity (Wildman–Crippen MR) is 133 cm³/mol. The Kier molecular flexibility index (Phi) is 7.79. The maximum atomic E-state index is 12.3. The first-order chi connectivity index (χ1) is 16.9. The van der Waals surface area contributed by atoms with Crippen LogP contribution in [0.15, 0.2) is 54.1 Å². The zero-order valence-electron chi connectivity index (χ0n) is 20.7. The number of carboxylic acid groups (broad SMARTS) is 1. The molecular weight excluding hydrogens is 444 g/mol. The minimum absolute atomic E-state index is 0.0310. The summed E-state index contributed by atoms with van der Waals surface area (Å²) < 4.78 is 18.2. The molecule has 1 N–H and O–H groups in total. The summed E-state index contributed by atoms with van der Waals surface area (Å²) in [5.41, 5.74) is 2.47. The number of fused-ring (bicyclic) bond motifs is 3. The van der Waals surface area contributed by atoms with Crippen LogP contribution in [0.4, 0.5) is 0 Å². The number of carbonyl (C=O) groups excluding carboxylic acids is 1. The Morgan fingerprint density at radius 1 is 1.20 bits per heavy atom. The number of ether oxygens (including phenoxy) is 3. The van der Waals surface area contributed by atoms with Crippen LogP contribution in [0.1, 0.15) is 69.9 Å². The second kappa shape index (κ2) is 11.0. The molecule has 0 aromatic heterocycles. The molecule has 2 aliphatic rings. The summed E-state index contributed by atoms with van der Waals surface area (Å²) in [6.45, 7) is 5.79. The average Bonchev–Trinajstić information content (AvgIpc) is 2.84. The van der Waals surface area contributed by atoms with E-state index in [4.69, 9.17) is 14.2 Å². The Balaban J connectivity index is 1.56. The fourth-order valence-electron chi connectivity index (χ4n) is 5.13. The lowest BCUT2D eigenvalue weighted by molar-refractivity contribution is -0.134. The van der Waals surface area contributed by atoms with Crippen LogP contribution in [0.25, 0.3) is 0 Å². The molecule has 1 aliphatic carbocycles. The van der Waals surface area contributed by atoms with Gasteiger partial charge in [-0.2, -0.15) is 0 Å². The van der Waals surface area contributed by atoms with Gasteiger partial charge in [-0.1, -0.05) is 43.3 Å². The fourth-order valence-corrected chi connectivity index (χ4v) is 5.13. The number of aliphatic carboxylic acids is 1. The standard InChI is InChI=1S/C29H34O6/c1-4-27(30)35-26-17-22(33-18(2)9-8-12-20-10-6-5-7-11-20)16-25-28(26)24-15-21(29(31)32)13-14-23(24)19(3)34-25/h5-7,10-11,13,16-19,23-24H,4,8-9,12,14-15H2,1-3H3,(H,31,32)/t18?,19?,23-,24+/m0/s1. The summed E-state index contributed by atoms with van der Waals surface area (Å²) in [5, 5.41) is 9.58. The van der Waals surface area contributed by atoms with Crippen LogP contribution in [-0.4, -0.2) is 29.3 Å². The highest BCUT2D eigenvalue weighted by molar-refractivity contribution is 5.87. The molecular formula is C29H34O6. The van der Waals surface area contributed by atoms with Gasteiger partial charge in [0, 0.05) is 41.5 Å².